The standard InChI is InChI=1S/C57H75N14O31P5S5/c1-22-11-68(51(76)63-42(22)58)48-36-39(55(17-72,95-48)26(5)90-36)100-106(83,111)88-19-57-28(7)92-38(50(97-57)70-14-25(4)47(75)66-54(70)79)41(57)102-107(84,112)89-18-56-27(6)91-37(49(96-56)69-13-24(3)46(74)65-53(69)78)40(56)101-105(82,110)87-16-32-30(9-33(93-32)67-12-23(2)45(73)64-52(67)77)99-104(81,109)86-15-31-29(98-103(80,108)85-8)10-34(94-31)71-21-62-35-43(59)60-20-61-44(35)71/h11-14,20-21,26-34,36-41,48-50,72H,9-10,15-19H2,1-8H3,(H,80,108)(H,81,109)(H,82,110)(H,83,111)(H,84,112)(H2,58,63,76)(H2,59,60,61)(H,64,73,77)(H,65,74,78)(H,66,75,79)/t26-,27-,28-,29?,30?,31+,32+,33+,34+,36-,37-,38-,39?,40?,41?,48+,49+,50+,55-,56-,57-,103?,104?,105?,106?,107?/m0/s1. The van der Waals surface area contributed by atoms with Gasteiger partial charge in [0, 0.05) is 67.0 Å². The average molecular weight is 1770 g/mol. The van der Waals surface area contributed by atoms with E-state index in [4.69, 9.17) is 154 Å². The Kier molecular flexibility index (Phi) is 23.2. The SMILES string of the molecule is COP(O)(=S)OC1C[C@H](n2cnc3c(N)ncnc32)O[C@@H]1COP(O)(=S)OC1C[C@H](n2cc(C)c(=O)[nH]c2=O)O[C@@H]1COP(O)(=S)OC1[C@@H]2O[C@@H](C)[C@]1(COP(O)(=S)OC1[C@@H]3O[C@@H](C)[C@]1(COP(O)(=S)OC1[C@@H]4O[C@@H](C)[C@]1(CO)O[C@H]4n1cc(C)c(N)nc1=O)O[C@H]3n1cc(C)c(=O)[nH]c1=O)O[C@H]2n1cc(C)c(=O)[nH]c1=O. The van der Waals surface area contributed by atoms with Crippen LogP contribution in [-0.4, -0.2) is 224 Å². The second kappa shape index (κ2) is 30.9. The van der Waals surface area contributed by atoms with Gasteiger partial charge in [0.1, 0.15) is 95.8 Å². The lowest BCUT2D eigenvalue weighted by atomic mass is 9.94. The van der Waals surface area contributed by atoms with Crippen molar-refractivity contribution < 1.29 is 113 Å². The van der Waals surface area contributed by atoms with E-state index in [1.807, 2.05) is 0 Å². The van der Waals surface area contributed by atoms with Crippen molar-refractivity contribution in [3.63, 3.8) is 0 Å². The molecule has 45 nitrogen and oxygen atoms in total. The maximum atomic E-state index is 13.7. The lowest BCUT2D eigenvalue weighted by Gasteiger charge is -2.38. The molecule has 6 aromatic heterocycles. The number of H-pyrrole nitrogens is 3. The number of nitrogens with one attached hydrogen (secondary N) is 3. The summed E-state index contributed by atoms with van der Waals surface area (Å²) in [5.41, 5.74) is 1.01. The predicted molar refractivity (Wildman–Crippen MR) is 399 cm³/mol. The number of aliphatic hydroxyl groups excluding tert-OH is 1. The number of nitrogens with zero attached hydrogens (tertiary/aromatic N) is 9. The quantitative estimate of drug-likeness (QED) is 0.0240. The number of aromatic nitrogens is 12. The monoisotopic (exact) mass is 1770 g/mol. The number of hydrogen-bond acceptors (Lipinski definition) is 37. The molecule has 14 rings (SSSR count). The van der Waals surface area contributed by atoms with Gasteiger partial charge in [0.2, 0.25) is 0 Å². The first kappa shape index (κ1) is 83.8. The second-order valence-electron chi connectivity index (χ2n) is 27.6. The van der Waals surface area contributed by atoms with Gasteiger partial charge in [-0.3, -0.25) is 65.7 Å². The summed E-state index contributed by atoms with van der Waals surface area (Å²) in [7, 11) is 1.14. The molecule has 6 bridgehead atoms. The van der Waals surface area contributed by atoms with Crippen molar-refractivity contribution >= 4 is 115 Å². The first-order valence-electron chi connectivity index (χ1n) is 33.9. The number of fused-ring (bicyclic) bond motifs is 7. The fraction of sp³-hybridized carbons (Fsp3) is 0.632. The van der Waals surface area contributed by atoms with Gasteiger partial charge in [-0.25, -0.2) is 34.1 Å². The Morgan fingerprint density at radius 1 is 0.509 bits per heavy atom. The first-order valence-corrected chi connectivity index (χ1v) is 46.8. The van der Waals surface area contributed by atoms with Gasteiger partial charge in [-0.1, -0.05) is 0 Å². The molecule has 8 aliphatic heterocycles. The number of ether oxygens (including phenoxy) is 8. The van der Waals surface area contributed by atoms with Crippen LogP contribution in [0.4, 0.5) is 11.6 Å². The van der Waals surface area contributed by atoms with Crippen molar-refractivity contribution in [2.24, 2.45) is 0 Å². The van der Waals surface area contributed by atoms with Crippen LogP contribution in [0.3, 0.4) is 0 Å². The molecular formula is C57H75N14O31P5S5. The van der Waals surface area contributed by atoms with Gasteiger partial charge in [-0.2, -0.15) is 4.98 Å². The minimum Gasteiger partial charge on any atom is -0.393 e. The smallest absolute Gasteiger partial charge is 0.351 e. The Hall–Kier alpha value is -4.64. The number of imidazole rings is 1. The van der Waals surface area contributed by atoms with Crippen LogP contribution < -0.4 is 50.9 Å². The van der Waals surface area contributed by atoms with E-state index in [2.05, 4.69) is 34.9 Å². The molecule has 26 atom stereocenters. The molecule has 614 valence electrons. The van der Waals surface area contributed by atoms with E-state index >= 15 is 0 Å². The highest BCUT2D eigenvalue weighted by atomic mass is 32.5. The van der Waals surface area contributed by atoms with Crippen LogP contribution in [0, 0.1) is 27.7 Å². The van der Waals surface area contributed by atoms with Crippen molar-refractivity contribution in [2.75, 3.05) is 51.6 Å². The van der Waals surface area contributed by atoms with Crippen molar-refractivity contribution in [2.45, 2.75) is 189 Å². The highest BCUT2D eigenvalue weighted by Crippen LogP contribution is 2.64. The van der Waals surface area contributed by atoms with E-state index in [0.29, 0.717) is 5.56 Å². The number of aryl methyl sites for hydroxylation is 4. The molecule has 10 unspecified atom stereocenters. The lowest BCUT2D eigenvalue weighted by molar-refractivity contribution is -0.219. The van der Waals surface area contributed by atoms with E-state index in [1.165, 1.54) is 70.4 Å². The third kappa shape index (κ3) is 15.7. The fourth-order valence-electron chi connectivity index (χ4n) is 14.7. The summed E-state index contributed by atoms with van der Waals surface area (Å²) in [6, 6.07) is 0. The molecule has 55 heteroatoms. The molecule has 0 aromatic carbocycles. The summed E-state index contributed by atoms with van der Waals surface area (Å²) < 4.78 is 117. The van der Waals surface area contributed by atoms with E-state index in [0.717, 1.165) is 31.6 Å². The molecule has 0 aliphatic carbocycles. The molecule has 0 amide bonds. The van der Waals surface area contributed by atoms with Crippen molar-refractivity contribution in [3.8, 4) is 0 Å². The summed E-state index contributed by atoms with van der Waals surface area (Å²) in [4.78, 5) is 175. The van der Waals surface area contributed by atoms with Crippen LogP contribution in [0.5, 0.6) is 0 Å². The number of rotatable bonds is 29. The summed E-state index contributed by atoms with van der Waals surface area (Å²) in [5, 5.41) is 10.9. The van der Waals surface area contributed by atoms with Crippen LogP contribution >= 0.6 is 33.6 Å². The van der Waals surface area contributed by atoms with Crippen LogP contribution in [-0.2, 0) is 142 Å². The molecule has 0 radical (unpaired) electrons. The molecule has 13 N–H and O–H groups in total. The summed E-state index contributed by atoms with van der Waals surface area (Å²) in [6.45, 7) is -16.5. The maximum Gasteiger partial charge on any atom is 0.351 e. The zero-order valence-electron chi connectivity index (χ0n) is 59.7. The zero-order chi connectivity index (χ0) is 80.8. The van der Waals surface area contributed by atoms with Gasteiger partial charge in [-0.05, 0) is 108 Å². The van der Waals surface area contributed by atoms with E-state index < -0.39 is 233 Å². The summed E-state index contributed by atoms with van der Waals surface area (Å²) in [5.74, 6) is 0.0238. The van der Waals surface area contributed by atoms with Gasteiger partial charge >= 0.3 is 56.4 Å². The normalized spacial score (nSPS) is 35.3. The van der Waals surface area contributed by atoms with E-state index in [-0.39, 0.29) is 52.3 Å². The largest absolute Gasteiger partial charge is 0.393 e. The Labute approximate surface area is 655 Å². The van der Waals surface area contributed by atoms with Crippen LogP contribution in [0.15, 0.2) is 71.0 Å². The number of anilines is 2. The van der Waals surface area contributed by atoms with Gasteiger partial charge in [0.15, 0.2) is 30.1 Å². The van der Waals surface area contributed by atoms with Gasteiger partial charge < -0.3 is 111 Å². The molecular weight excluding hydrogens is 1690 g/mol. The molecule has 8 saturated heterocycles. The molecule has 8 aliphatic rings. The van der Waals surface area contributed by atoms with Gasteiger partial charge in [0.25, 0.3) is 16.7 Å². The number of nitrogen functional groups attached to an aromatic ring is 2. The Bertz CT molecular complexity index is 5430. The highest BCUT2D eigenvalue weighted by molar-refractivity contribution is 8.08. The predicted octanol–water partition coefficient (Wildman–Crippen LogP) is -1.41. The highest BCUT2D eigenvalue weighted by Gasteiger charge is 2.72. The zero-order valence-corrected chi connectivity index (χ0v) is 68.2. The van der Waals surface area contributed by atoms with E-state index in [9.17, 15) is 63.1 Å². The minimum atomic E-state index is -4.92. The van der Waals surface area contributed by atoms with Crippen molar-refractivity contribution in [1.29, 1.82) is 0 Å². The molecule has 0 saturated carbocycles. The van der Waals surface area contributed by atoms with Crippen LogP contribution in [0.2, 0.25) is 0 Å². The molecule has 8 fully saturated rings. The Morgan fingerprint density at radius 2 is 0.902 bits per heavy atom. The lowest BCUT2D eigenvalue weighted by Crippen LogP contribution is -2.52. The van der Waals surface area contributed by atoms with Crippen molar-refractivity contribution in [1.82, 2.24) is 57.7 Å². The number of aliphatic hydroxyl groups is 1. The van der Waals surface area contributed by atoms with E-state index in [1.54, 1.807) is 13.8 Å². The second-order valence-corrected chi connectivity index (χ2v) is 41.6. The third-order valence-electron chi connectivity index (χ3n) is 20.6. The minimum absolute atomic E-state index is 0.0185. The van der Waals surface area contributed by atoms with Gasteiger partial charge in [0.05, 0.1) is 69.9 Å². The summed E-state index contributed by atoms with van der Waals surface area (Å²) >= 11 is 27.9. The number of aromatic amines is 3. The number of hydrogen-bond donors (Lipinski definition) is 11. The third-order valence-corrected chi connectivity index (χ3v) is 28.5. The maximum absolute atomic E-state index is 13.7. The summed E-state index contributed by atoms with van der Waals surface area (Å²) in [6.07, 6.45) is -17.0. The number of nitrogens with two attached hydrogens (primary N) is 2. The first-order chi connectivity index (χ1) is 52.5. The molecule has 6 aromatic rings. The topological polar surface area (TPSA) is 583 Å². The van der Waals surface area contributed by atoms with Crippen LogP contribution in [0.25, 0.3) is 11.2 Å². The average Bonchev–Trinajstić information content (AvgIpc) is 1.55. The van der Waals surface area contributed by atoms with Crippen LogP contribution in [0.1, 0.15) is 87.0 Å². The molecule has 0 spiro atoms. The fourth-order valence-corrected chi connectivity index (χ4v) is 21.5. The van der Waals surface area contributed by atoms with Gasteiger partial charge in [-0.15, -0.1) is 0 Å². The Balaban J connectivity index is 0.718. The molecule has 112 heavy (non-hydrogen) atoms. The van der Waals surface area contributed by atoms with Crippen molar-refractivity contribution in [3.05, 3.63) is 133 Å². The Morgan fingerprint density at radius 3 is 1.38 bits per heavy atom. The molecule has 14 heterocycles.